The fraction of sp³-hybridized carbons (Fsp3) is 0.400. The van der Waals surface area contributed by atoms with Crippen molar-refractivity contribution in [3.63, 3.8) is 0 Å². The molecule has 1 saturated heterocycles. The smallest absolute Gasteiger partial charge is 0.310 e. The van der Waals surface area contributed by atoms with Crippen LogP contribution in [-0.4, -0.2) is 6.54 Å². The maximum Gasteiger partial charge on any atom is 0.416 e. The topological polar surface area (TPSA) is 12.0 Å². The highest BCUT2D eigenvalue weighted by molar-refractivity contribution is 5.27. The van der Waals surface area contributed by atoms with Crippen molar-refractivity contribution in [3.8, 4) is 0 Å². The van der Waals surface area contributed by atoms with Gasteiger partial charge in [0, 0.05) is 6.04 Å². The zero-order valence-electron chi connectivity index (χ0n) is 7.43. The minimum atomic E-state index is -4.23. The van der Waals surface area contributed by atoms with Crippen LogP contribution in [0, 0.1) is 0 Å². The van der Waals surface area contributed by atoms with Crippen LogP contribution in [0.1, 0.15) is 23.6 Å². The summed E-state index contributed by atoms with van der Waals surface area (Å²) in [5.41, 5.74) is 0.352. The molecule has 1 nitrogen and oxygen atoms in total. The number of nitrogens with one attached hydrogen (secondary N) is 1. The van der Waals surface area contributed by atoms with Crippen LogP contribution in [0.25, 0.3) is 0 Å². The molecular weight excluding hydrogens is 191 g/mol. The number of alkyl halides is 3. The molecule has 0 aliphatic carbocycles. The second-order valence-corrected chi connectivity index (χ2v) is 3.42. The third kappa shape index (κ3) is 1.75. The molecule has 1 aliphatic heterocycles. The van der Waals surface area contributed by atoms with Gasteiger partial charge in [-0.3, -0.25) is 0 Å². The van der Waals surface area contributed by atoms with E-state index in [1.807, 2.05) is 0 Å². The van der Waals surface area contributed by atoms with Gasteiger partial charge in [0.15, 0.2) is 0 Å². The molecule has 76 valence electrons. The minimum absolute atomic E-state index is 0.247. The Balaban J connectivity index is 2.17. The average Bonchev–Trinajstić information content (AvgIpc) is 2.00. The normalized spacial score (nSPS) is 21.8. The molecule has 0 saturated carbocycles. The van der Waals surface area contributed by atoms with E-state index in [0.717, 1.165) is 30.7 Å². The summed E-state index contributed by atoms with van der Waals surface area (Å²) in [6.45, 7) is 0.950. The summed E-state index contributed by atoms with van der Waals surface area (Å²) in [6.07, 6.45) is -3.23. The molecule has 0 unspecified atom stereocenters. The lowest BCUT2D eigenvalue weighted by atomic mass is 9.97. The van der Waals surface area contributed by atoms with Gasteiger partial charge in [-0.15, -0.1) is 0 Å². The van der Waals surface area contributed by atoms with Crippen LogP contribution in [0.4, 0.5) is 13.2 Å². The van der Waals surface area contributed by atoms with Gasteiger partial charge in [-0.05, 0) is 30.7 Å². The van der Waals surface area contributed by atoms with Crippen molar-refractivity contribution >= 4 is 0 Å². The fourth-order valence-corrected chi connectivity index (χ4v) is 1.48. The molecule has 2 rings (SSSR count). The van der Waals surface area contributed by atoms with E-state index >= 15 is 0 Å². The predicted octanol–water partition coefficient (Wildman–Crippen LogP) is 2.74. The van der Waals surface area contributed by atoms with E-state index in [-0.39, 0.29) is 6.04 Å². The largest absolute Gasteiger partial charge is 0.416 e. The first kappa shape index (κ1) is 9.52. The summed E-state index contributed by atoms with van der Waals surface area (Å²) in [6, 6.07) is 5.60. The van der Waals surface area contributed by atoms with Crippen LogP contribution in [-0.2, 0) is 6.18 Å². The van der Waals surface area contributed by atoms with Crippen LogP contribution >= 0.6 is 0 Å². The van der Waals surface area contributed by atoms with Crippen LogP contribution in [0.15, 0.2) is 24.3 Å². The second kappa shape index (κ2) is 3.28. The number of hydrogen-bond acceptors (Lipinski definition) is 1. The molecule has 0 amide bonds. The number of rotatable bonds is 1. The molecule has 1 atom stereocenters. The number of benzene rings is 1. The quantitative estimate of drug-likeness (QED) is 0.736. The molecule has 1 aliphatic rings. The molecule has 14 heavy (non-hydrogen) atoms. The van der Waals surface area contributed by atoms with Crippen molar-refractivity contribution in [2.45, 2.75) is 18.6 Å². The fourth-order valence-electron chi connectivity index (χ4n) is 1.48. The Labute approximate surface area is 79.9 Å². The molecular formula is C10H10F3N. The molecule has 1 aromatic rings. The van der Waals surface area contributed by atoms with E-state index in [2.05, 4.69) is 5.32 Å². The Bertz CT molecular complexity index is 311. The van der Waals surface area contributed by atoms with Gasteiger partial charge in [0.05, 0.1) is 5.56 Å². The van der Waals surface area contributed by atoms with Gasteiger partial charge in [0.25, 0.3) is 0 Å². The van der Waals surface area contributed by atoms with E-state index in [1.165, 1.54) is 0 Å². The van der Waals surface area contributed by atoms with Crippen LogP contribution in [0.2, 0.25) is 0 Å². The zero-order chi connectivity index (χ0) is 10.2. The Morgan fingerprint density at radius 2 is 1.71 bits per heavy atom. The Morgan fingerprint density at radius 1 is 1.14 bits per heavy atom. The predicted molar refractivity (Wildman–Crippen MR) is 46.8 cm³/mol. The van der Waals surface area contributed by atoms with Gasteiger partial charge >= 0.3 is 6.18 Å². The van der Waals surface area contributed by atoms with E-state index in [9.17, 15) is 13.2 Å². The van der Waals surface area contributed by atoms with Gasteiger partial charge < -0.3 is 5.32 Å². The van der Waals surface area contributed by atoms with E-state index in [1.54, 1.807) is 12.1 Å². The molecule has 0 spiro atoms. The molecule has 0 bridgehead atoms. The highest BCUT2D eigenvalue weighted by Crippen LogP contribution is 2.31. The molecule has 1 fully saturated rings. The van der Waals surface area contributed by atoms with Gasteiger partial charge in [0.1, 0.15) is 0 Å². The summed E-state index contributed by atoms with van der Waals surface area (Å²) in [5, 5.41) is 3.14. The summed E-state index contributed by atoms with van der Waals surface area (Å²) < 4.78 is 36.6. The first-order valence-electron chi connectivity index (χ1n) is 4.48. The number of hydrogen-bond donors (Lipinski definition) is 1. The van der Waals surface area contributed by atoms with Crippen molar-refractivity contribution in [1.82, 2.24) is 5.32 Å². The zero-order valence-corrected chi connectivity index (χ0v) is 7.43. The number of halogens is 3. The third-order valence-electron chi connectivity index (χ3n) is 2.46. The van der Waals surface area contributed by atoms with Crippen molar-refractivity contribution in [2.24, 2.45) is 0 Å². The summed E-state index contributed by atoms with van der Waals surface area (Å²) in [7, 11) is 0. The molecule has 1 N–H and O–H groups in total. The van der Waals surface area contributed by atoms with Crippen molar-refractivity contribution in [1.29, 1.82) is 0 Å². The lowest BCUT2D eigenvalue weighted by Crippen LogP contribution is -2.34. The van der Waals surface area contributed by atoms with Crippen molar-refractivity contribution in [3.05, 3.63) is 35.4 Å². The molecule has 4 heteroatoms. The SMILES string of the molecule is FC(F)(F)c1ccc([C@@H]2CCN2)cc1. The van der Waals surface area contributed by atoms with Crippen LogP contribution in [0.5, 0.6) is 0 Å². The summed E-state index contributed by atoms with van der Waals surface area (Å²) >= 11 is 0. The maximum absolute atomic E-state index is 12.2. The lowest BCUT2D eigenvalue weighted by molar-refractivity contribution is -0.137. The molecule has 1 heterocycles. The van der Waals surface area contributed by atoms with Gasteiger partial charge in [-0.2, -0.15) is 13.2 Å². The average molecular weight is 201 g/mol. The Kier molecular flexibility index (Phi) is 2.23. The summed E-state index contributed by atoms with van der Waals surface area (Å²) in [4.78, 5) is 0. The van der Waals surface area contributed by atoms with Crippen LogP contribution < -0.4 is 5.32 Å². The van der Waals surface area contributed by atoms with E-state index < -0.39 is 11.7 Å². The maximum atomic E-state index is 12.2. The van der Waals surface area contributed by atoms with Gasteiger partial charge in [0.2, 0.25) is 0 Å². The van der Waals surface area contributed by atoms with E-state index in [4.69, 9.17) is 0 Å². The monoisotopic (exact) mass is 201 g/mol. The van der Waals surface area contributed by atoms with Crippen LogP contribution in [0.3, 0.4) is 0 Å². The Hall–Kier alpha value is -1.03. The Morgan fingerprint density at radius 3 is 2.07 bits per heavy atom. The van der Waals surface area contributed by atoms with Crippen molar-refractivity contribution < 1.29 is 13.2 Å². The highest BCUT2D eigenvalue weighted by Gasteiger charge is 2.30. The van der Waals surface area contributed by atoms with Crippen molar-refractivity contribution in [2.75, 3.05) is 6.54 Å². The highest BCUT2D eigenvalue weighted by atomic mass is 19.4. The first-order valence-corrected chi connectivity index (χ1v) is 4.48. The second-order valence-electron chi connectivity index (χ2n) is 3.42. The standard InChI is InChI=1S/C10H10F3N/c11-10(12,13)8-3-1-7(2-4-8)9-5-6-14-9/h1-4,9,14H,5-6H2/t9-/m0/s1. The molecule has 0 aromatic heterocycles. The first-order chi connectivity index (χ1) is 6.57. The van der Waals surface area contributed by atoms with E-state index in [0.29, 0.717) is 0 Å². The third-order valence-corrected chi connectivity index (χ3v) is 2.46. The molecule has 0 radical (unpaired) electrons. The lowest BCUT2D eigenvalue weighted by Gasteiger charge is -2.28. The van der Waals surface area contributed by atoms with Gasteiger partial charge in [-0.25, -0.2) is 0 Å². The minimum Gasteiger partial charge on any atom is -0.310 e. The summed E-state index contributed by atoms with van der Waals surface area (Å²) in [5.74, 6) is 0. The molecule has 1 aromatic carbocycles. The van der Waals surface area contributed by atoms with Gasteiger partial charge in [-0.1, -0.05) is 12.1 Å².